The van der Waals surface area contributed by atoms with Crippen LogP contribution in [0.4, 0.5) is 0 Å². The van der Waals surface area contributed by atoms with Crippen molar-refractivity contribution in [2.45, 2.75) is 13.3 Å². The molecule has 0 amide bonds. The first kappa shape index (κ1) is 12.8. The van der Waals surface area contributed by atoms with Gasteiger partial charge in [0.25, 0.3) is 0 Å². The van der Waals surface area contributed by atoms with Crippen LogP contribution in [0, 0.1) is 6.92 Å². The van der Waals surface area contributed by atoms with Crippen molar-refractivity contribution in [3.63, 3.8) is 0 Å². The fraction of sp³-hybridized carbons (Fsp3) is 0.273. The number of hydrogen-bond acceptors (Lipinski definition) is 4. The van der Waals surface area contributed by atoms with Gasteiger partial charge in [-0.15, -0.1) is 0 Å². The Morgan fingerprint density at radius 1 is 1.24 bits per heavy atom. The smallest absolute Gasteiger partial charge is 0.341 e. The second-order valence-corrected chi connectivity index (χ2v) is 3.44. The van der Waals surface area contributed by atoms with Gasteiger partial charge >= 0.3 is 11.9 Å². The first-order valence-corrected chi connectivity index (χ1v) is 4.79. The summed E-state index contributed by atoms with van der Waals surface area (Å²) >= 11 is 0. The van der Waals surface area contributed by atoms with Crippen molar-refractivity contribution in [2.24, 2.45) is 0 Å². The van der Waals surface area contributed by atoms with Gasteiger partial charge in [0.2, 0.25) is 0 Å². The van der Waals surface area contributed by atoms with E-state index in [0.717, 1.165) is 0 Å². The summed E-state index contributed by atoms with van der Waals surface area (Å²) in [6, 6.07) is 2.68. The van der Waals surface area contributed by atoms with Crippen molar-refractivity contribution >= 4 is 11.9 Å². The maximum atomic E-state index is 10.7. The van der Waals surface area contributed by atoms with Gasteiger partial charge in [-0.3, -0.25) is 4.79 Å². The molecule has 0 aliphatic rings. The number of phenolic OH excluding ortho intramolecular Hbond substituents is 1. The Kier molecular flexibility index (Phi) is 3.92. The fourth-order valence-electron chi connectivity index (χ4n) is 1.37. The van der Waals surface area contributed by atoms with Crippen LogP contribution in [-0.2, 0) is 16.0 Å². The highest BCUT2D eigenvalue weighted by Gasteiger charge is 2.14. The molecule has 3 N–H and O–H groups in total. The van der Waals surface area contributed by atoms with Crippen LogP contribution in [0.5, 0.6) is 11.5 Å². The van der Waals surface area contributed by atoms with E-state index in [1.807, 2.05) is 0 Å². The lowest BCUT2D eigenvalue weighted by atomic mass is 10.0. The van der Waals surface area contributed by atoms with Crippen LogP contribution in [0.15, 0.2) is 12.1 Å². The van der Waals surface area contributed by atoms with Crippen LogP contribution in [-0.4, -0.2) is 33.9 Å². The number of hydrogen-bond donors (Lipinski definition) is 3. The number of rotatable bonds is 5. The van der Waals surface area contributed by atoms with Crippen LogP contribution in [0.1, 0.15) is 11.1 Å². The molecule has 1 aromatic rings. The third-order valence-corrected chi connectivity index (χ3v) is 2.21. The van der Waals surface area contributed by atoms with Gasteiger partial charge in [0.1, 0.15) is 11.5 Å². The van der Waals surface area contributed by atoms with Crippen LogP contribution in [0.2, 0.25) is 0 Å². The van der Waals surface area contributed by atoms with Crippen LogP contribution < -0.4 is 4.74 Å². The zero-order valence-electron chi connectivity index (χ0n) is 9.14. The molecule has 0 bridgehead atoms. The highest BCUT2D eigenvalue weighted by molar-refractivity contribution is 5.73. The number of ether oxygens (including phenoxy) is 1. The molecule has 17 heavy (non-hydrogen) atoms. The average Bonchev–Trinajstić information content (AvgIpc) is 2.23. The zero-order valence-corrected chi connectivity index (χ0v) is 9.14. The number of aromatic hydroxyl groups is 1. The molecule has 0 heterocycles. The standard InChI is InChI=1S/C11H12O6/c1-6-7(4-10(13)14)9(3-2-8(6)12)17-5-11(15)16/h2-3,12H,4-5H2,1H3,(H,13,14)(H,15,16). The highest BCUT2D eigenvalue weighted by atomic mass is 16.5. The van der Waals surface area contributed by atoms with Crippen molar-refractivity contribution in [3.05, 3.63) is 23.3 Å². The summed E-state index contributed by atoms with van der Waals surface area (Å²) in [6.07, 6.45) is -0.338. The molecule has 0 fully saturated rings. The molecule has 0 saturated heterocycles. The first-order chi connectivity index (χ1) is 7.91. The summed E-state index contributed by atoms with van der Waals surface area (Å²) in [5.41, 5.74) is 0.647. The summed E-state index contributed by atoms with van der Waals surface area (Å²) in [5.74, 6) is -2.13. The summed E-state index contributed by atoms with van der Waals surface area (Å²) < 4.78 is 4.96. The molecular weight excluding hydrogens is 228 g/mol. The molecule has 1 aromatic carbocycles. The van der Waals surface area contributed by atoms with E-state index >= 15 is 0 Å². The molecule has 0 aliphatic heterocycles. The normalized spacial score (nSPS) is 9.94. The van der Waals surface area contributed by atoms with Gasteiger partial charge in [-0.05, 0) is 24.6 Å². The van der Waals surface area contributed by atoms with Gasteiger partial charge < -0.3 is 20.1 Å². The van der Waals surface area contributed by atoms with Crippen molar-refractivity contribution in [1.29, 1.82) is 0 Å². The SMILES string of the molecule is Cc1c(O)ccc(OCC(=O)O)c1CC(=O)O. The Hall–Kier alpha value is -2.24. The number of carbonyl (C=O) groups is 2. The topological polar surface area (TPSA) is 104 Å². The number of carboxylic acids is 2. The predicted octanol–water partition coefficient (Wildman–Crippen LogP) is 0.791. The van der Waals surface area contributed by atoms with Gasteiger partial charge in [-0.25, -0.2) is 4.79 Å². The van der Waals surface area contributed by atoms with Gasteiger partial charge in [0.15, 0.2) is 6.61 Å². The quantitative estimate of drug-likeness (QED) is 0.702. The van der Waals surface area contributed by atoms with E-state index in [2.05, 4.69) is 0 Å². The number of phenols is 1. The molecule has 0 radical (unpaired) electrons. The van der Waals surface area contributed by atoms with Crippen molar-refractivity contribution in [1.82, 2.24) is 0 Å². The Labute approximate surface area is 97.1 Å². The Bertz CT molecular complexity index is 452. The molecule has 0 unspecified atom stereocenters. The highest BCUT2D eigenvalue weighted by Crippen LogP contribution is 2.29. The molecule has 6 nitrogen and oxygen atoms in total. The Balaban J connectivity index is 3.06. The second kappa shape index (κ2) is 5.20. The third kappa shape index (κ3) is 3.37. The minimum Gasteiger partial charge on any atom is -0.508 e. The van der Waals surface area contributed by atoms with E-state index in [1.54, 1.807) is 6.92 Å². The number of benzene rings is 1. The largest absolute Gasteiger partial charge is 0.508 e. The lowest BCUT2D eigenvalue weighted by molar-refractivity contribution is -0.139. The Morgan fingerprint density at radius 2 is 1.88 bits per heavy atom. The molecule has 0 spiro atoms. The van der Waals surface area contributed by atoms with Crippen molar-refractivity contribution in [3.8, 4) is 11.5 Å². The first-order valence-electron chi connectivity index (χ1n) is 4.79. The van der Waals surface area contributed by atoms with Gasteiger partial charge in [-0.1, -0.05) is 0 Å². The molecule has 0 aliphatic carbocycles. The van der Waals surface area contributed by atoms with Crippen LogP contribution in [0.25, 0.3) is 0 Å². The minimum absolute atomic E-state index is 0.0519. The van der Waals surface area contributed by atoms with E-state index in [9.17, 15) is 14.7 Å². The molecule has 0 aromatic heterocycles. The van der Waals surface area contributed by atoms with Gasteiger partial charge in [0, 0.05) is 5.56 Å². The van der Waals surface area contributed by atoms with Crippen LogP contribution in [0.3, 0.4) is 0 Å². The third-order valence-electron chi connectivity index (χ3n) is 2.21. The van der Waals surface area contributed by atoms with E-state index < -0.39 is 18.5 Å². The molecule has 0 saturated carbocycles. The molecule has 0 atom stereocenters. The van der Waals surface area contributed by atoms with Gasteiger partial charge in [0.05, 0.1) is 6.42 Å². The molecule has 92 valence electrons. The van der Waals surface area contributed by atoms with E-state index in [0.29, 0.717) is 5.56 Å². The zero-order chi connectivity index (χ0) is 13.0. The maximum Gasteiger partial charge on any atom is 0.341 e. The van der Waals surface area contributed by atoms with Crippen molar-refractivity contribution < 1.29 is 29.6 Å². The maximum absolute atomic E-state index is 10.7. The average molecular weight is 240 g/mol. The fourth-order valence-corrected chi connectivity index (χ4v) is 1.37. The number of carboxylic acid groups (broad SMARTS) is 2. The lowest BCUT2D eigenvalue weighted by Crippen LogP contribution is -2.12. The second-order valence-electron chi connectivity index (χ2n) is 3.44. The summed E-state index contributed by atoms with van der Waals surface area (Å²) in [5, 5.41) is 26.7. The van der Waals surface area contributed by atoms with E-state index in [1.165, 1.54) is 12.1 Å². The summed E-state index contributed by atoms with van der Waals surface area (Å²) in [7, 11) is 0. The lowest BCUT2D eigenvalue weighted by Gasteiger charge is -2.12. The predicted molar refractivity (Wildman–Crippen MR) is 57.3 cm³/mol. The van der Waals surface area contributed by atoms with E-state index in [-0.39, 0.29) is 23.5 Å². The summed E-state index contributed by atoms with van der Waals surface area (Å²) in [4.78, 5) is 21.0. The molecule has 1 rings (SSSR count). The summed E-state index contributed by atoms with van der Waals surface area (Å²) in [6.45, 7) is 0.984. The minimum atomic E-state index is -1.16. The Morgan fingerprint density at radius 3 is 2.41 bits per heavy atom. The molecular formula is C11H12O6. The van der Waals surface area contributed by atoms with Gasteiger partial charge in [-0.2, -0.15) is 0 Å². The van der Waals surface area contributed by atoms with Crippen LogP contribution >= 0.6 is 0 Å². The number of aliphatic carboxylic acids is 2. The van der Waals surface area contributed by atoms with E-state index in [4.69, 9.17) is 14.9 Å². The molecule has 6 heteroatoms. The van der Waals surface area contributed by atoms with Crippen molar-refractivity contribution in [2.75, 3.05) is 6.61 Å². The monoisotopic (exact) mass is 240 g/mol.